The molecule has 0 aliphatic rings. The molecule has 2 rings (SSSR count). The van der Waals surface area contributed by atoms with Crippen LogP contribution in [0.4, 0.5) is 5.69 Å². The van der Waals surface area contributed by atoms with Gasteiger partial charge in [0.15, 0.2) is 11.7 Å². The lowest BCUT2D eigenvalue weighted by molar-refractivity contribution is -0.115. The van der Waals surface area contributed by atoms with Crippen molar-refractivity contribution < 1.29 is 9.53 Å². The number of hydrogen-bond acceptors (Lipinski definition) is 4. The molecule has 0 bridgehead atoms. The minimum absolute atomic E-state index is 0. The summed E-state index contributed by atoms with van der Waals surface area (Å²) >= 11 is 18.0. The number of anilines is 1. The number of carbonyl (C=O) groups excluding carboxylic acids is 1. The van der Waals surface area contributed by atoms with Gasteiger partial charge in [-0.05, 0) is 24.3 Å². The van der Waals surface area contributed by atoms with Gasteiger partial charge in [0.05, 0.1) is 35.0 Å². The van der Waals surface area contributed by atoms with Crippen molar-refractivity contribution in [2.24, 2.45) is 4.99 Å². The zero-order valence-corrected chi connectivity index (χ0v) is 19.4. The molecule has 0 unspecified atom stereocenters. The number of benzene rings is 1. The molecule has 3 N–H and O–H groups in total. The van der Waals surface area contributed by atoms with Crippen LogP contribution in [0.3, 0.4) is 0 Å². The number of carbonyl (C=O) groups is 1. The second kappa shape index (κ2) is 12.9. The quantitative estimate of drug-likeness (QED) is 0.208. The Labute approximate surface area is 195 Å². The lowest BCUT2D eigenvalue weighted by atomic mass is 10.3. The molecule has 1 aromatic carbocycles. The van der Waals surface area contributed by atoms with Crippen LogP contribution in [0.2, 0.25) is 15.1 Å². The van der Waals surface area contributed by atoms with Crippen molar-refractivity contribution in [3.8, 4) is 5.75 Å². The number of guanidine groups is 1. The number of halogens is 4. The highest BCUT2D eigenvalue weighted by atomic mass is 127. The number of nitrogens with zero attached hydrogens (tertiary/aromatic N) is 2. The molecule has 0 saturated carbocycles. The summed E-state index contributed by atoms with van der Waals surface area (Å²) in [6.45, 7) is 0.743. The summed E-state index contributed by atoms with van der Waals surface area (Å²) in [5, 5.41) is 9.74. The number of pyridine rings is 1. The monoisotopic (exact) mass is 557 g/mol. The van der Waals surface area contributed by atoms with Crippen LogP contribution in [0, 0.1) is 0 Å². The first-order valence-corrected chi connectivity index (χ1v) is 9.04. The Balaban J connectivity index is 0.00000392. The van der Waals surface area contributed by atoms with Crippen molar-refractivity contribution in [2.45, 2.75) is 0 Å². The van der Waals surface area contributed by atoms with E-state index in [1.807, 2.05) is 0 Å². The number of nitrogens with one attached hydrogen (secondary N) is 3. The third-order valence-electron chi connectivity index (χ3n) is 3.19. The van der Waals surface area contributed by atoms with Crippen LogP contribution < -0.4 is 20.7 Å². The molecule has 0 atom stereocenters. The summed E-state index contributed by atoms with van der Waals surface area (Å²) in [6.07, 6.45) is 3.20. The summed E-state index contributed by atoms with van der Waals surface area (Å²) in [4.78, 5) is 19.9. The summed E-state index contributed by atoms with van der Waals surface area (Å²) in [7, 11) is 1.60. The molecule has 0 aliphatic carbocycles. The van der Waals surface area contributed by atoms with Crippen molar-refractivity contribution in [3.63, 3.8) is 0 Å². The fraction of sp³-hybridized carbons (Fsp3) is 0.235. The third kappa shape index (κ3) is 8.26. The Bertz CT molecular complexity index is 786. The molecule has 2 aromatic rings. The molecule has 1 aromatic heterocycles. The van der Waals surface area contributed by atoms with Gasteiger partial charge in [0.2, 0.25) is 5.91 Å². The van der Waals surface area contributed by atoms with Crippen LogP contribution in [0.15, 0.2) is 41.7 Å². The normalized spacial score (nSPS) is 10.6. The highest BCUT2D eigenvalue weighted by Gasteiger charge is 2.09. The molecule has 0 fully saturated rings. The fourth-order valence-electron chi connectivity index (χ4n) is 2.02. The number of ether oxygens (including phenoxy) is 1. The molecular formula is C17H19Cl3IN5O2. The lowest BCUT2D eigenvalue weighted by Gasteiger charge is -2.14. The lowest BCUT2D eigenvalue weighted by Crippen LogP contribution is -2.42. The standard InChI is InChI=1S/C17H18Cl3N5O2.HI/c1-21-17(24-10-15(26)25-12-3-2-4-22-9-12)23-5-6-27-16-13(19)7-11(18)8-14(16)20;/h2-4,7-9H,5-6,10H2,1H3,(H,25,26)(H2,21,23,24);1H. The predicted molar refractivity (Wildman–Crippen MR) is 125 cm³/mol. The summed E-state index contributed by atoms with van der Waals surface area (Å²) < 4.78 is 5.57. The molecule has 0 radical (unpaired) electrons. The van der Waals surface area contributed by atoms with Gasteiger partial charge in [-0.1, -0.05) is 34.8 Å². The number of rotatable bonds is 7. The Morgan fingerprint density at radius 1 is 1.21 bits per heavy atom. The van der Waals surface area contributed by atoms with E-state index in [1.165, 1.54) is 0 Å². The van der Waals surface area contributed by atoms with Gasteiger partial charge in [0.1, 0.15) is 6.61 Å². The van der Waals surface area contributed by atoms with E-state index in [9.17, 15) is 4.79 Å². The minimum Gasteiger partial charge on any atom is -0.489 e. The maximum absolute atomic E-state index is 11.9. The van der Waals surface area contributed by atoms with Gasteiger partial charge in [-0.3, -0.25) is 14.8 Å². The van der Waals surface area contributed by atoms with Crippen LogP contribution in [-0.2, 0) is 4.79 Å². The molecule has 0 aliphatic heterocycles. The van der Waals surface area contributed by atoms with E-state index in [0.717, 1.165) is 0 Å². The van der Waals surface area contributed by atoms with Crippen molar-refractivity contribution >= 4 is 76.3 Å². The third-order valence-corrected chi connectivity index (χ3v) is 3.97. The van der Waals surface area contributed by atoms with Crippen molar-refractivity contribution in [3.05, 3.63) is 51.7 Å². The van der Waals surface area contributed by atoms with Crippen molar-refractivity contribution in [2.75, 3.05) is 32.1 Å². The first-order chi connectivity index (χ1) is 13.0. The van der Waals surface area contributed by atoms with Crippen LogP contribution in [0.5, 0.6) is 5.75 Å². The van der Waals surface area contributed by atoms with Gasteiger partial charge >= 0.3 is 0 Å². The highest BCUT2D eigenvalue weighted by molar-refractivity contribution is 14.0. The number of amides is 1. The summed E-state index contributed by atoms with van der Waals surface area (Å²) in [6, 6.07) is 6.60. The van der Waals surface area contributed by atoms with Crippen molar-refractivity contribution in [1.29, 1.82) is 0 Å². The molecule has 0 saturated heterocycles. The Kier molecular flexibility index (Phi) is 11.3. The average Bonchev–Trinajstić information content (AvgIpc) is 2.63. The largest absolute Gasteiger partial charge is 0.489 e. The van der Waals surface area contributed by atoms with E-state index in [1.54, 1.807) is 43.7 Å². The predicted octanol–water partition coefficient (Wildman–Crippen LogP) is 3.84. The van der Waals surface area contributed by atoms with Gasteiger partial charge in [-0.15, -0.1) is 24.0 Å². The Hall–Kier alpha value is -1.49. The molecular weight excluding hydrogens is 539 g/mol. The highest BCUT2D eigenvalue weighted by Crippen LogP contribution is 2.35. The number of aromatic nitrogens is 1. The molecule has 1 amide bonds. The van der Waals surface area contributed by atoms with E-state index >= 15 is 0 Å². The van der Waals surface area contributed by atoms with Crippen LogP contribution in [0.25, 0.3) is 0 Å². The van der Waals surface area contributed by atoms with E-state index < -0.39 is 0 Å². The van der Waals surface area contributed by atoms with Gasteiger partial charge in [-0.25, -0.2) is 0 Å². The second-order valence-electron chi connectivity index (χ2n) is 5.19. The number of aliphatic imine (C=N–C) groups is 1. The first-order valence-electron chi connectivity index (χ1n) is 7.91. The summed E-state index contributed by atoms with van der Waals surface area (Å²) in [5.41, 5.74) is 0.623. The summed E-state index contributed by atoms with van der Waals surface area (Å²) in [5.74, 6) is 0.596. The van der Waals surface area contributed by atoms with Crippen LogP contribution in [-0.4, -0.2) is 43.6 Å². The minimum atomic E-state index is -0.220. The van der Waals surface area contributed by atoms with E-state index in [2.05, 4.69) is 25.9 Å². The zero-order valence-electron chi connectivity index (χ0n) is 14.8. The Morgan fingerprint density at radius 2 is 1.93 bits per heavy atom. The molecule has 0 spiro atoms. The average molecular weight is 559 g/mol. The SMILES string of the molecule is CN=C(NCCOc1c(Cl)cc(Cl)cc1Cl)NCC(=O)Nc1cccnc1.I. The first kappa shape index (κ1) is 24.5. The van der Waals surface area contributed by atoms with Gasteiger partial charge < -0.3 is 20.7 Å². The van der Waals surface area contributed by atoms with Crippen molar-refractivity contribution in [1.82, 2.24) is 15.6 Å². The van der Waals surface area contributed by atoms with Crippen LogP contribution >= 0.6 is 58.8 Å². The maximum Gasteiger partial charge on any atom is 0.243 e. The van der Waals surface area contributed by atoms with E-state index in [0.29, 0.717) is 39.0 Å². The molecule has 152 valence electrons. The van der Waals surface area contributed by atoms with Gasteiger partial charge in [0, 0.05) is 18.3 Å². The number of hydrogen-bond donors (Lipinski definition) is 3. The molecule has 1 heterocycles. The molecule has 7 nitrogen and oxygen atoms in total. The van der Waals surface area contributed by atoms with Gasteiger partial charge in [-0.2, -0.15) is 0 Å². The molecule has 11 heteroatoms. The second-order valence-corrected chi connectivity index (χ2v) is 6.44. The van der Waals surface area contributed by atoms with E-state index in [-0.39, 0.29) is 43.0 Å². The fourth-order valence-corrected chi connectivity index (χ4v) is 2.94. The van der Waals surface area contributed by atoms with Gasteiger partial charge in [0.25, 0.3) is 0 Å². The van der Waals surface area contributed by atoms with Crippen LogP contribution in [0.1, 0.15) is 0 Å². The Morgan fingerprint density at radius 3 is 2.54 bits per heavy atom. The van der Waals surface area contributed by atoms with E-state index in [4.69, 9.17) is 39.5 Å². The topological polar surface area (TPSA) is 87.6 Å². The smallest absolute Gasteiger partial charge is 0.243 e. The maximum atomic E-state index is 11.9. The molecule has 28 heavy (non-hydrogen) atoms. The zero-order chi connectivity index (χ0) is 19.6.